The lowest BCUT2D eigenvalue weighted by Crippen LogP contribution is -2.45. The quantitative estimate of drug-likeness (QED) is 0.931. The summed E-state index contributed by atoms with van der Waals surface area (Å²) in [5.41, 5.74) is 3.55. The van der Waals surface area contributed by atoms with Crippen molar-refractivity contribution in [3.05, 3.63) is 71.3 Å². The smallest absolute Gasteiger partial charge is 0.317 e. The van der Waals surface area contributed by atoms with E-state index in [4.69, 9.17) is 0 Å². The molecule has 2 aromatic rings. The Kier molecular flexibility index (Phi) is 5.33. The first kappa shape index (κ1) is 17.0. The summed E-state index contributed by atoms with van der Waals surface area (Å²) in [5.74, 6) is -0.0454. The van der Waals surface area contributed by atoms with Crippen LogP contribution in [0.2, 0.25) is 0 Å². The normalized spacial score (nSPS) is 13.1. The number of fused-ring (bicyclic) bond motifs is 1. The van der Waals surface area contributed by atoms with Gasteiger partial charge in [0.1, 0.15) is 0 Å². The zero-order chi connectivity index (χ0) is 17.6. The van der Waals surface area contributed by atoms with E-state index in [1.165, 1.54) is 11.1 Å². The molecule has 5 heteroatoms. The van der Waals surface area contributed by atoms with Crippen LogP contribution in [0.4, 0.5) is 4.79 Å². The third-order valence-corrected chi connectivity index (χ3v) is 4.48. The lowest BCUT2D eigenvalue weighted by molar-refractivity contribution is -0.131. The minimum Gasteiger partial charge on any atom is -0.336 e. The maximum atomic E-state index is 12.4. The zero-order valence-corrected chi connectivity index (χ0v) is 14.4. The predicted molar refractivity (Wildman–Crippen MR) is 96.9 cm³/mol. The summed E-state index contributed by atoms with van der Waals surface area (Å²) >= 11 is 0. The van der Waals surface area contributed by atoms with Gasteiger partial charge in [0, 0.05) is 26.7 Å². The van der Waals surface area contributed by atoms with Gasteiger partial charge in [-0.3, -0.25) is 4.79 Å². The molecule has 0 saturated carbocycles. The molecule has 1 aliphatic heterocycles. The Hall–Kier alpha value is -2.82. The molecule has 3 rings (SSSR count). The van der Waals surface area contributed by atoms with Gasteiger partial charge >= 0.3 is 6.03 Å². The Morgan fingerprint density at radius 1 is 1.04 bits per heavy atom. The molecule has 1 aliphatic rings. The number of benzene rings is 2. The van der Waals surface area contributed by atoms with Crippen LogP contribution in [0.1, 0.15) is 16.7 Å². The zero-order valence-electron chi connectivity index (χ0n) is 14.4. The fraction of sp³-hybridized carbons (Fsp3) is 0.300. The number of amides is 3. The summed E-state index contributed by atoms with van der Waals surface area (Å²) in [6.07, 6.45) is 0.865. The lowest BCUT2D eigenvalue weighted by Gasteiger charge is -2.29. The van der Waals surface area contributed by atoms with Crippen LogP contribution in [-0.2, 0) is 24.3 Å². The highest BCUT2D eigenvalue weighted by molar-refractivity contribution is 5.84. The van der Waals surface area contributed by atoms with Crippen LogP contribution in [0, 0.1) is 0 Å². The van der Waals surface area contributed by atoms with Gasteiger partial charge in [-0.05, 0) is 23.1 Å². The molecule has 3 amide bonds. The van der Waals surface area contributed by atoms with Crippen molar-refractivity contribution in [3.63, 3.8) is 0 Å². The van der Waals surface area contributed by atoms with Gasteiger partial charge in [0.15, 0.2) is 0 Å². The second-order valence-electron chi connectivity index (χ2n) is 6.33. The molecule has 1 N–H and O–H groups in total. The maximum Gasteiger partial charge on any atom is 0.317 e. The van der Waals surface area contributed by atoms with Gasteiger partial charge in [0.05, 0.1) is 6.54 Å². The number of nitrogens with zero attached hydrogens (tertiary/aromatic N) is 2. The summed E-state index contributed by atoms with van der Waals surface area (Å²) in [7, 11) is 1.73. The Bertz CT molecular complexity index is 746. The number of rotatable bonds is 4. The minimum atomic E-state index is -0.241. The average molecular weight is 337 g/mol. The van der Waals surface area contributed by atoms with Crippen molar-refractivity contribution in [1.82, 2.24) is 15.1 Å². The van der Waals surface area contributed by atoms with Crippen LogP contribution in [0.3, 0.4) is 0 Å². The monoisotopic (exact) mass is 337 g/mol. The molecule has 0 fully saturated rings. The van der Waals surface area contributed by atoms with E-state index in [-0.39, 0.29) is 18.5 Å². The van der Waals surface area contributed by atoms with Crippen molar-refractivity contribution >= 4 is 11.9 Å². The number of hydrogen-bond acceptors (Lipinski definition) is 2. The van der Waals surface area contributed by atoms with Gasteiger partial charge < -0.3 is 15.1 Å². The van der Waals surface area contributed by atoms with Crippen LogP contribution >= 0.6 is 0 Å². The number of urea groups is 1. The van der Waals surface area contributed by atoms with E-state index in [1.807, 2.05) is 42.5 Å². The summed E-state index contributed by atoms with van der Waals surface area (Å²) in [6, 6.07) is 17.7. The lowest BCUT2D eigenvalue weighted by atomic mass is 10.00. The van der Waals surface area contributed by atoms with Gasteiger partial charge in [0.2, 0.25) is 5.91 Å². The molecule has 0 unspecified atom stereocenters. The van der Waals surface area contributed by atoms with Crippen LogP contribution in [0.5, 0.6) is 0 Å². The summed E-state index contributed by atoms with van der Waals surface area (Å²) < 4.78 is 0. The first-order chi connectivity index (χ1) is 12.1. The maximum absolute atomic E-state index is 12.4. The largest absolute Gasteiger partial charge is 0.336 e. The van der Waals surface area contributed by atoms with E-state index < -0.39 is 0 Å². The standard InChI is InChI=1S/C20H23N3O2/c1-22(14-16-7-3-2-4-8-16)20(25)21-13-19(24)23-12-11-17-9-5-6-10-18(17)15-23/h2-10H,11-15H2,1H3,(H,21,25). The topological polar surface area (TPSA) is 52.7 Å². The van der Waals surface area contributed by atoms with Gasteiger partial charge in [-0.2, -0.15) is 0 Å². The molecule has 1 heterocycles. The van der Waals surface area contributed by atoms with E-state index in [1.54, 1.807) is 16.8 Å². The average Bonchev–Trinajstić information content (AvgIpc) is 2.66. The van der Waals surface area contributed by atoms with Crippen molar-refractivity contribution in [2.45, 2.75) is 19.5 Å². The Morgan fingerprint density at radius 3 is 2.48 bits per heavy atom. The number of hydrogen-bond donors (Lipinski definition) is 1. The molecule has 0 atom stereocenters. The van der Waals surface area contributed by atoms with Gasteiger partial charge in [0.25, 0.3) is 0 Å². The molecule has 0 aliphatic carbocycles. The molecule has 0 aromatic heterocycles. The Morgan fingerprint density at radius 2 is 1.72 bits per heavy atom. The highest BCUT2D eigenvalue weighted by Crippen LogP contribution is 2.18. The molecule has 2 aromatic carbocycles. The molecule has 25 heavy (non-hydrogen) atoms. The minimum absolute atomic E-state index is 0.0279. The van der Waals surface area contributed by atoms with E-state index in [0.29, 0.717) is 19.6 Å². The Balaban J connectivity index is 1.48. The van der Waals surface area contributed by atoms with Crippen LogP contribution < -0.4 is 5.32 Å². The molecule has 0 saturated heterocycles. The highest BCUT2D eigenvalue weighted by Gasteiger charge is 2.21. The molecule has 0 spiro atoms. The first-order valence-electron chi connectivity index (χ1n) is 8.51. The fourth-order valence-corrected chi connectivity index (χ4v) is 3.04. The third kappa shape index (κ3) is 4.38. The summed E-state index contributed by atoms with van der Waals surface area (Å²) in [6.45, 7) is 1.86. The molecule has 0 bridgehead atoms. The van der Waals surface area contributed by atoms with Crippen molar-refractivity contribution in [2.24, 2.45) is 0 Å². The van der Waals surface area contributed by atoms with Crippen molar-refractivity contribution < 1.29 is 9.59 Å². The SMILES string of the molecule is CN(Cc1ccccc1)C(=O)NCC(=O)N1CCc2ccccc2C1. The molecular formula is C20H23N3O2. The van der Waals surface area contributed by atoms with Crippen LogP contribution in [-0.4, -0.2) is 41.9 Å². The van der Waals surface area contributed by atoms with Crippen molar-refractivity contribution in [3.8, 4) is 0 Å². The van der Waals surface area contributed by atoms with E-state index in [2.05, 4.69) is 17.4 Å². The second-order valence-corrected chi connectivity index (χ2v) is 6.33. The molecular weight excluding hydrogens is 314 g/mol. The summed E-state index contributed by atoms with van der Waals surface area (Å²) in [5, 5.41) is 2.72. The van der Waals surface area contributed by atoms with E-state index in [0.717, 1.165) is 12.0 Å². The fourth-order valence-electron chi connectivity index (χ4n) is 3.04. The van der Waals surface area contributed by atoms with E-state index in [9.17, 15) is 9.59 Å². The van der Waals surface area contributed by atoms with Crippen LogP contribution in [0.25, 0.3) is 0 Å². The van der Waals surface area contributed by atoms with E-state index >= 15 is 0 Å². The van der Waals surface area contributed by atoms with Gasteiger partial charge in [-0.25, -0.2) is 4.79 Å². The highest BCUT2D eigenvalue weighted by atomic mass is 16.2. The second kappa shape index (κ2) is 7.83. The van der Waals surface area contributed by atoms with Gasteiger partial charge in [-0.15, -0.1) is 0 Å². The Labute approximate surface area is 148 Å². The number of nitrogens with one attached hydrogen (secondary N) is 1. The molecule has 0 radical (unpaired) electrons. The third-order valence-electron chi connectivity index (χ3n) is 4.48. The predicted octanol–water partition coefficient (Wildman–Crippen LogP) is 2.41. The number of carbonyl (C=O) groups excluding carboxylic acids is 2. The van der Waals surface area contributed by atoms with Crippen LogP contribution in [0.15, 0.2) is 54.6 Å². The molecule has 5 nitrogen and oxygen atoms in total. The van der Waals surface area contributed by atoms with Crippen molar-refractivity contribution in [2.75, 3.05) is 20.1 Å². The number of carbonyl (C=O) groups is 2. The first-order valence-corrected chi connectivity index (χ1v) is 8.51. The van der Waals surface area contributed by atoms with Crippen molar-refractivity contribution in [1.29, 1.82) is 0 Å². The molecule has 130 valence electrons. The summed E-state index contributed by atoms with van der Waals surface area (Å²) in [4.78, 5) is 27.9. The van der Waals surface area contributed by atoms with Gasteiger partial charge in [-0.1, -0.05) is 54.6 Å².